The molecule has 0 amide bonds. The molecule has 0 saturated carbocycles. The highest BCUT2D eigenvalue weighted by Crippen LogP contribution is 2.70. The molecule has 0 heterocycles. The van der Waals surface area contributed by atoms with Gasteiger partial charge in [-0.05, 0) is 82.8 Å². The number of benzene rings is 4. The van der Waals surface area contributed by atoms with E-state index in [4.69, 9.17) is 3.63 Å². The Labute approximate surface area is 223 Å². The quantitative estimate of drug-likeness (QED) is 0.119. The van der Waals surface area contributed by atoms with Gasteiger partial charge in [0.25, 0.3) is 0 Å². The molecule has 11 heteroatoms. The Bertz CT molecular complexity index is 1530. The Hall–Kier alpha value is -3.28. The first kappa shape index (κ1) is 28.7. The maximum atomic E-state index is 14.7. The fraction of sp³-hybridized carbons (Fsp3) is 0.143. The molecular formula is C28H22F6O3S2. The van der Waals surface area contributed by atoms with E-state index >= 15 is 0 Å². The Kier molecular flexibility index (Phi) is 8.15. The summed E-state index contributed by atoms with van der Waals surface area (Å²) in [5.41, 5.74) is 1.74. The monoisotopic (exact) mass is 584 g/mol. The molecular weight excluding hydrogens is 562 g/mol. The van der Waals surface area contributed by atoms with Crippen LogP contribution < -0.4 is 0 Å². The first-order valence-corrected chi connectivity index (χ1v) is 14.7. The van der Waals surface area contributed by atoms with E-state index in [-0.39, 0.29) is 14.7 Å². The standard InChI is InChI=1S/C28H22F6O3S2/c1-3-17-5-11-20(12-6-17)38(22-15-9-19(29)10-16-22,21-13-7-18(4-2)8-14-21)37-39(35,36)28-26(33)24(31)23(30)25(32)27(28)34/h5-16H,3-4H2,1-2H3. The van der Waals surface area contributed by atoms with Crippen LogP contribution >= 0.6 is 10.3 Å². The summed E-state index contributed by atoms with van der Waals surface area (Å²) in [4.78, 5) is -1.57. The molecule has 0 fully saturated rings. The predicted molar refractivity (Wildman–Crippen MR) is 135 cm³/mol. The van der Waals surface area contributed by atoms with Crippen molar-refractivity contribution in [1.29, 1.82) is 0 Å². The van der Waals surface area contributed by atoms with Gasteiger partial charge >= 0.3 is 10.1 Å². The minimum absolute atomic E-state index is 0.102. The predicted octanol–water partition coefficient (Wildman–Crippen LogP) is 8.25. The smallest absolute Gasteiger partial charge is 0.207 e. The zero-order valence-electron chi connectivity index (χ0n) is 20.7. The SMILES string of the molecule is CCc1ccc(S(OS(=O)(=O)c2c(F)c(F)c(F)c(F)c2F)(c2ccc(F)cc2)c2ccc(CC)cc2)cc1. The second-order valence-corrected chi connectivity index (χ2v) is 12.8. The van der Waals surface area contributed by atoms with E-state index in [1.165, 1.54) is 12.1 Å². The molecule has 0 aromatic heterocycles. The number of halogens is 6. The molecule has 0 atom stereocenters. The molecule has 0 spiro atoms. The molecule has 39 heavy (non-hydrogen) atoms. The normalized spacial score (nSPS) is 12.5. The van der Waals surface area contributed by atoms with Crippen LogP contribution in [0.25, 0.3) is 0 Å². The maximum absolute atomic E-state index is 14.7. The van der Waals surface area contributed by atoms with Gasteiger partial charge in [0.1, 0.15) is 5.82 Å². The zero-order valence-corrected chi connectivity index (χ0v) is 22.3. The molecule has 4 rings (SSSR count). The number of hydrogen-bond donors (Lipinski definition) is 0. The van der Waals surface area contributed by atoms with Gasteiger partial charge in [-0.1, -0.05) is 38.1 Å². The van der Waals surface area contributed by atoms with Crippen molar-refractivity contribution >= 4 is 20.4 Å². The lowest BCUT2D eigenvalue weighted by atomic mass is 10.2. The van der Waals surface area contributed by atoms with Crippen molar-refractivity contribution in [2.24, 2.45) is 0 Å². The van der Waals surface area contributed by atoms with Gasteiger partial charge in [-0.15, -0.1) is 0 Å². The molecule has 0 N–H and O–H groups in total. The van der Waals surface area contributed by atoms with Crippen LogP contribution in [0.4, 0.5) is 26.3 Å². The van der Waals surface area contributed by atoms with Crippen molar-refractivity contribution in [3.05, 3.63) is 119 Å². The Balaban J connectivity index is 2.08. The van der Waals surface area contributed by atoms with E-state index in [0.29, 0.717) is 12.8 Å². The summed E-state index contributed by atoms with van der Waals surface area (Å²) in [6.45, 7) is 3.78. The van der Waals surface area contributed by atoms with Crippen LogP contribution in [0.1, 0.15) is 25.0 Å². The van der Waals surface area contributed by atoms with Crippen LogP contribution in [0.2, 0.25) is 0 Å². The molecule has 4 aromatic carbocycles. The third kappa shape index (κ3) is 5.18. The minimum atomic E-state index is -5.68. The average molecular weight is 585 g/mol. The van der Waals surface area contributed by atoms with Gasteiger partial charge in [-0.25, -0.2) is 30.0 Å². The average Bonchev–Trinajstić information content (AvgIpc) is 2.94. The fourth-order valence-electron chi connectivity index (χ4n) is 3.96. The fourth-order valence-corrected chi connectivity index (χ4v) is 9.24. The van der Waals surface area contributed by atoms with E-state index in [9.17, 15) is 34.8 Å². The minimum Gasteiger partial charge on any atom is -0.207 e. The summed E-state index contributed by atoms with van der Waals surface area (Å²) >= 11 is 0. The second-order valence-electron chi connectivity index (χ2n) is 8.43. The molecule has 0 bridgehead atoms. The largest absolute Gasteiger partial charge is 0.313 e. The van der Waals surface area contributed by atoms with Crippen LogP contribution in [-0.4, -0.2) is 8.42 Å². The van der Waals surface area contributed by atoms with Crippen LogP contribution in [0.15, 0.2) is 92.4 Å². The Morgan fingerprint density at radius 2 is 0.872 bits per heavy atom. The van der Waals surface area contributed by atoms with Gasteiger partial charge in [0.15, 0.2) is 28.2 Å². The first-order chi connectivity index (χ1) is 18.5. The lowest BCUT2D eigenvalue weighted by Crippen LogP contribution is -2.19. The van der Waals surface area contributed by atoms with E-state index in [1.54, 1.807) is 48.5 Å². The summed E-state index contributed by atoms with van der Waals surface area (Å²) in [6.07, 6.45) is 1.27. The van der Waals surface area contributed by atoms with Gasteiger partial charge < -0.3 is 0 Å². The molecule has 0 saturated heterocycles. The molecule has 3 nitrogen and oxygen atoms in total. The van der Waals surface area contributed by atoms with Gasteiger partial charge in [-0.2, -0.15) is 8.42 Å². The summed E-state index contributed by atoms with van der Waals surface area (Å²) < 4.78 is 118. The van der Waals surface area contributed by atoms with E-state index < -0.39 is 60.2 Å². The zero-order chi connectivity index (χ0) is 28.5. The summed E-state index contributed by atoms with van der Waals surface area (Å²) in [5.74, 6) is -13.1. The van der Waals surface area contributed by atoms with Crippen molar-refractivity contribution in [3.8, 4) is 0 Å². The summed E-state index contributed by atoms with van der Waals surface area (Å²) in [7, 11) is -9.18. The van der Waals surface area contributed by atoms with Crippen LogP contribution in [0, 0.1) is 34.9 Å². The van der Waals surface area contributed by atoms with Crippen molar-refractivity contribution in [1.82, 2.24) is 0 Å². The molecule has 206 valence electrons. The van der Waals surface area contributed by atoms with Gasteiger partial charge in [0.2, 0.25) is 5.82 Å². The van der Waals surface area contributed by atoms with Gasteiger partial charge in [0.05, 0.1) is 0 Å². The van der Waals surface area contributed by atoms with Crippen molar-refractivity contribution < 1.29 is 38.4 Å². The first-order valence-electron chi connectivity index (χ1n) is 11.7. The van der Waals surface area contributed by atoms with Crippen molar-refractivity contribution in [3.63, 3.8) is 0 Å². The third-order valence-electron chi connectivity index (χ3n) is 6.08. The van der Waals surface area contributed by atoms with Crippen molar-refractivity contribution in [2.45, 2.75) is 46.3 Å². The third-order valence-corrected chi connectivity index (χ3v) is 11.3. The summed E-state index contributed by atoms with van der Waals surface area (Å²) in [6, 6.07) is 17.6. The van der Waals surface area contributed by atoms with Gasteiger partial charge in [-0.3, -0.25) is 0 Å². The molecule has 0 aliphatic carbocycles. The maximum Gasteiger partial charge on any atom is 0.313 e. The second kappa shape index (κ2) is 11.1. The molecule has 0 aliphatic rings. The van der Waals surface area contributed by atoms with E-state index in [0.717, 1.165) is 23.3 Å². The van der Waals surface area contributed by atoms with Crippen molar-refractivity contribution in [2.75, 3.05) is 0 Å². The molecule has 0 aliphatic heterocycles. The van der Waals surface area contributed by atoms with E-state index in [1.807, 2.05) is 13.8 Å². The Morgan fingerprint density at radius 3 is 1.23 bits per heavy atom. The summed E-state index contributed by atoms with van der Waals surface area (Å²) in [5, 5.41) is 0. The highest BCUT2D eigenvalue weighted by Gasteiger charge is 2.42. The molecule has 0 radical (unpaired) electrons. The van der Waals surface area contributed by atoms with Crippen LogP contribution in [-0.2, 0) is 26.6 Å². The molecule has 4 aromatic rings. The number of rotatable bonds is 8. The highest BCUT2D eigenvalue weighted by atomic mass is 32.3. The molecule has 0 unspecified atom stereocenters. The highest BCUT2D eigenvalue weighted by molar-refractivity contribution is 8.33. The Morgan fingerprint density at radius 1 is 0.538 bits per heavy atom. The number of hydrogen-bond acceptors (Lipinski definition) is 3. The lowest BCUT2D eigenvalue weighted by molar-refractivity contribution is 0.354. The van der Waals surface area contributed by atoms with Crippen LogP contribution in [0.3, 0.4) is 0 Å². The van der Waals surface area contributed by atoms with Gasteiger partial charge in [0, 0.05) is 14.7 Å². The van der Waals surface area contributed by atoms with Crippen LogP contribution in [0.5, 0.6) is 0 Å². The topological polar surface area (TPSA) is 43.4 Å². The van der Waals surface area contributed by atoms with E-state index in [2.05, 4.69) is 0 Å². The number of aryl methyl sites for hydroxylation is 2. The lowest BCUT2D eigenvalue weighted by Gasteiger charge is -2.39.